The number of rotatable bonds is 6. The molecule has 6 nitrogen and oxygen atoms in total. The van der Waals surface area contributed by atoms with Crippen LogP contribution in [0.15, 0.2) is 63.8 Å². The number of carbonyl (C=O) groups excluding carboxylic acids is 2. The van der Waals surface area contributed by atoms with Crippen molar-refractivity contribution in [3.63, 3.8) is 0 Å². The van der Waals surface area contributed by atoms with Gasteiger partial charge in [0, 0.05) is 11.8 Å². The molecule has 1 N–H and O–H groups in total. The number of amides is 1. The fourth-order valence-corrected chi connectivity index (χ4v) is 2.73. The van der Waals surface area contributed by atoms with E-state index in [-0.39, 0.29) is 16.8 Å². The maximum atomic E-state index is 12.1. The zero-order valence-electron chi connectivity index (χ0n) is 15.7. The van der Waals surface area contributed by atoms with Crippen LogP contribution in [0.3, 0.4) is 0 Å². The van der Waals surface area contributed by atoms with Crippen molar-refractivity contribution in [2.24, 2.45) is 0 Å². The molecule has 6 heteroatoms. The van der Waals surface area contributed by atoms with Gasteiger partial charge in [0.1, 0.15) is 5.58 Å². The lowest BCUT2D eigenvalue weighted by Crippen LogP contribution is -2.21. The van der Waals surface area contributed by atoms with E-state index in [1.165, 1.54) is 5.56 Å². The third-order valence-electron chi connectivity index (χ3n) is 4.55. The second kappa shape index (κ2) is 8.52. The largest absolute Gasteiger partial charge is 0.450 e. The Hall–Kier alpha value is -3.41. The van der Waals surface area contributed by atoms with Gasteiger partial charge in [0.05, 0.1) is 5.39 Å². The van der Waals surface area contributed by atoms with Gasteiger partial charge in [0.2, 0.25) is 5.76 Å². The topological polar surface area (TPSA) is 85.6 Å². The highest BCUT2D eigenvalue weighted by Crippen LogP contribution is 2.20. The fourth-order valence-electron chi connectivity index (χ4n) is 2.73. The number of hydrogen-bond donors (Lipinski definition) is 1. The highest BCUT2D eigenvalue weighted by Gasteiger charge is 2.15. The minimum atomic E-state index is -0.870. The number of hydrogen-bond acceptors (Lipinski definition) is 5. The van der Waals surface area contributed by atoms with Crippen LogP contribution in [-0.4, -0.2) is 18.5 Å². The molecule has 28 heavy (non-hydrogen) atoms. The van der Waals surface area contributed by atoms with E-state index < -0.39 is 18.5 Å². The number of nitrogens with one attached hydrogen (secondary N) is 1. The lowest BCUT2D eigenvalue weighted by molar-refractivity contribution is -0.119. The lowest BCUT2D eigenvalue weighted by atomic mass is 9.99. The molecule has 0 saturated carbocycles. The molecule has 144 valence electrons. The first-order valence-electron chi connectivity index (χ1n) is 9.07. The van der Waals surface area contributed by atoms with Gasteiger partial charge >= 0.3 is 5.97 Å². The molecular formula is C22H21NO5. The van der Waals surface area contributed by atoms with E-state index in [0.29, 0.717) is 17.0 Å². The molecule has 1 amide bonds. The van der Waals surface area contributed by atoms with Gasteiger partial charge in [-0.1, -0.05) is 38.1 Å². The quantitative estimate of drug-likeness (QED) is 0.652. The second-order valence-electron chi connectivity index (χ2n) is 6.53. The third-order valence-corrected chi connectivity index (χ3v) is 4.55. The van der Waals surface area contributed by atoms with Crippen LogP contribution in [0.1, 0.15) is 42.3 Å². The summed E-state index contributed by atoms with van der Waals surface area (Å²) in [6.07, 6.45) is 1.03. The average molecular weight is 379 g/mol. The second-order valence-corrected chi connectivity index (χ2v) is 6.53. The van der Waals surface area contributed by atoms with Gasteiger partial charge in [-0.3, -0.25) is 9.59 Å². The Morgan fingerprint density at radius 3 is 2.54 bits per heavy atom. The molecule has 0 saturated heterocycles. The van der Waals surface area contributed by atoms with Gasteiger partial charge in [-0.15, -0.1) is 0 Å². The number of benzene rings is 2. The number of carbonyl (C=O) groups is 2. The number of fused-ring (bicyclic) bond motifs is 1. The van der Waals surface area contributed by atoms with E-state index in [9.17, 15) is 14.4 Å². The molecule has 0 aliphatic rings. The molecule has 3 rings (SSSR count). The maximum absolute atomic E-state index is 12.1. The number of para-hydroxylation sites is 1. The highest BCUT2D eigenvalue weighted by atomic mass is 16.5. The van der Waals surface area contributed by atoms with Crippen molar-refractivity contribution in [1.29, 1.82) is 0 Å². The van der Waals surface area contributed by atoms with Crippen molar-refractivity contribution in [2.45, 2.75) is 26.2 Å². The average Bonchev–Trinajstić information content (AvgIpc) is 2.72. The monoisotopic (exact) mass is 379 g/mol. The predicted octanol–water partition coefficient (Wildman–Crippen LogP) is 4.10. The first-order chi connectivity index (χ1) is 13.5. The lowest BCUT2D eigenvalue weighted by Gasteiger charge is -2.10. The molecule has 0 aliphatic heterocycles. The van der Waals surface area contributed by atoms with E-state index >= 15 is 0 Å². The Balaban J connectivity index is 1.60. The van der Waals surface area contributed by atoms with Crippen LogP contribution in [0.5, 0.6) is 0 Å². The summed E-state index contributed by atoms with van der Waals surface area (Å²) < 4.78 is 10.4. The molecule has 3 aromatic rings. The van der Waals surface area contributed by atoms with Crippen LogP contribution in [-0.2, 0) is 9.53 Å². The molecule has 1 heterocycles. The van der Waals surface area contributed by atoms with E-state index in [0.717, 1.165) is 12.5 Å². The van der Waals surface area contributed by atoms with Crippen LogP contribution in [0, 0.1) is 0 Å². The van der Waals surface area contributed by atoms with Crippen molar-refractivity contribution < 1.29 is 18.7 Å². The summed E-state index contributed by atoms with van der Waals surface area (Å²) in [5, 5.41) is 3.04. The number of ether oxygens (including phenoxy) is 1. The Kier molecular flexibility index (Phi) is 5.89. The molecule has 1 aromatic heterocycles. The molecule has 0 bridgehead atoms. The standard InChI is InChI=1S/C22H21NO5/c1-3-14(2)15-8-10-16(11-9-15)23-21(25)13-27-22(26)20-12-18(24)17-6-4-5-7-19(17)28-20/h4-12,14H,3,13H2,1-2H3,(H,23,25). The summed E-state index contributed by atoms with van der Waals surface area (Å²) >= 11 is 0. The highest BCUT2D eigenvalue weighted by molar-refractivity contribution is 5.95. The maximum Gasteiger partial charge on any atom is 0.374 e. The fraction of sp³-hybridized carbons (Fsp3) is 0.227. The van der Waals surface area contributed by atoms with Gasteiger partial charge < -0.3 is 14.5 Å². The summed E-state index contributed by atoms with van der Waals surface area (Å²) in [5.74, 6) is -1.14. The van der Waals surface area contributed by atoms with Crippen LogP contribution in [0.4, 0.5) is 5.69 Å². The molecule has 0 fully saturated rings. The summed E-state index contributed by atoms with van der Waals surface area (Å²) in [6, 6.07) is 15.2. The SMILES string of the molecule is CCC(C)c1ccc(NC(=O)COC(=O)c2cc(=O)c3ccccc3o2)cc1. The van der Waals surface area contributed by atoms with Crippen LogP contribution < -0.4 is 10.7 Å². The molecule has 0 radical (unpaired) electrons. The molecule has 1 unspecified atom stereocenters. The van der Waals surface area contributed by atoms with Crippen LogP contribution >= 0.6 is 0 Å². The van der Waals surface area contributed by atoms with Gasteiger partial charge in [-0.2, -0.15) is 0 Å². The van der Waals surface area contributed by atoms with Crippen molar-refractivity contribution in [2.75, 3.05) is 11.9 Å². The smallest absolute Gasteiger partial charge is 0.374 e. The first-order valence-corrected chi connectivity index (χ1v) is 9.07. The Labute approximate surface area is 162 Å². The summed E-state index contributed by atoms with van der Waals surface area (Å²) in [5.41, 5.74) is 1.75. The predicted molar refractivity (Wildman–Crippen MR) is 107 cm³/mol. The van der Waals surface area contributed by atoms with E-state index in [4.69, 9.17) is 9.15 Å². The number of anilines is 1. The van der Waals surface area contributed by atoms with Crippen molar-refractivity contribution in [3.8, 4) is 0 Å². The van der Waals surface area contributed by atoms with Crippen molar-refractivity contribution in [1.82, 2.24) is 0 Å². The summed E-state index contributed by atoms with van der Waals surface area (Å²) in [4.78, 5) is 36.2. The first kappa shape index (κ1) is 19.4. The van der Waals surface area contributed by atoms with Gasteiger partial charge in [-0.25, -0.2) is 4.79 Å². The minimum absolute atomic E-state index is 0.241. The van der Waals surface area contributed by atoms with Crippen molar-refractivity contribution in [3.05, 3.63) is 76.1 Å². The summed E-state index contributed by atoms with van der Waals surface area (Å²) in [7, 11) is 0. The van der Waals surface area contributed by atoms with E-state index in [1.807, 2.05) is 24.3 Å². The Bertz CT molecular complexity index is 1050. The normalized spacial score (nSPS) is 11.8. The van der Waals surface area contributed by atoms with Crippen LogP contribution in [0.25, 0.3) is 11.0 Å². The molecule has 0 aliphatic carbocycles. The zero-order chi connectivity index (χ0) is 20.1. The van der Waals surface area contributed by atoms with Crippen LogP contribution in [0.2, 0.25) is 0 Å². The molecule has 0 spiro atoms. The van der Waals surface area contributed by atoms with Gasteiger partial charge in [0.25, 0.3) is 5.91 Å². The van der Waals surface area contributed by atoms with E-state index in [2.05, 4.69) is 19.2 Å². The van der Waals surface area contributed by atoms with E-state index in [1.54, 1.807) is 24.3 Å². The molecular weight excluding hydrogens is 358 g/mol. The molecule has 2 aromatic carbocycles. The number of esters is 1. The van der Waals surface area contributed by atoms with Gasteiger partial charge in [-0.05, 0) is 42.2 Å². The van der Waals surface area contributed by atoms with Gasteiger partial charge in [0.15, 0.2) is 12.0 Å². The Morgan fingerprint density at radius 2 is 1.82 bits per heavy atom. The zero-order valence-corrected chi connectivity index (χ0v) is 15.7. The molecule has 1 atom stereocenters. The minimum Gasteiger partial charge on any atom is -0.450 e. The van der Waals surface area contributed by atoms with Crippen molar-refractivity contribution >= 4 is 28.5 Å². The summed E-state index contributed by atoms with van der Waals surface area (Å²) in [6.45, 7) is 3.77. The Morgan fingerprint density at radius 1 is 1.11 bits per heavy atom. The third kappa shape index (κ3) is 4.46.